The predicted octanol–water partition coefficient (Wildman–Crippen LogP) is 4.39. The second-order valence-electron chi connectivity index (χ2n) is 4.37. The number of halogens is 4. The highest BCUT2D eigenvalue weighted by Gasteiger charge is 2.34. The molecule has 1 amide bonds. The lowest BCUT2D eigenvalue weighted by Gasteiger charge is -2.15. The molecule has 0 aliphatic carbocycles. The Hall–Kier alpha value is -1.80. The van der Waals surface area contributed by atoms with Crippen molar-refractivity contribution >= 4 is 40.2 Å². The summed E-state index contributed by atoms with van der Waals surface area (Å²) < 4.78 is 39.7. The molecule has 118 valence electrons. The minimum Gasteiger partial charge on any atom is -0.380 e. The van der Waals surface area contributed by atoms with Gasteiger partial charge in [0.05, 0.1) is 12.1 Å². The fourth-order valence-corrected chi connectivity index (χ4v) is 2.68. The van der Waals surface area contributed by atoms with Gasteiger partial charge in [-0.25, -0.2) is 4.98 Å². The fraction of sp³-hybridized carbons (Fsp3) is 0.231. The van der Waals surface area contributed by atoms with Gasteiger partial charge < -0.3 is 10.6 Å². The summed E-state index contributed by atoms with van der Waals surface area (Å²) >= 11 is 6.86. The van der Waals surface area contributed by atoms with Crippen LogP contribution in [0.15, 0.2) is 24.4 Å². The van der Waals surface area contributed by atoms with Crippen LogP contribution in [0.5, 0.6) is 0 Å². The van der Waals surface area contributed by atoms with Crippen molar-refractivity contribution in [2.75, 3.05) is 10.6 Å². The Labute approximate surface area is 133 Å². The number of aromatic nitrogens is 1. The van der Waals surface area contributed by atoms with Gasteiger partial charge in [0.15, 0.2) is 4.47 Å². The van der Waals surface area contributed by atoms with Crippen molar-refractivity contribution in [3.8, 4) is 0 Å². The first-order valence-corrected chi connectivity index (χ1v) is 7.28. The van der Waals surface area contributed by atoms with Crippen LogP contribution in [0.4, 0.5) is 24.5 Å². The third-order valence-corrected chi connectivity index (χ3v) is 3.74. The molecular weight excluding hydrogens is 339 g/mol. The molecule has 1 aromatic carbocycles. The summed E-state index contributed by atoms with van der Waals surface area (Å²) in [6.07, 6.45) is -3.04. The minimum atomic E-state index is -4.54. The lowest BCUT2D eigenvalue weighted by molar-refractivity contribution is -0.137. The molecule has 0 fully saturated rings. The highest BCUT2D eigenvalue weighted by molar-refractivity contribution is 7.15. The smallest absolute Gasteiger partial charge is 0.380 e. The van der Waals surface area contributed by atoms with E-state index in [0.29, 0.717) is 9.34 Å². The number of carbonyl (C=O) groups is 1. The van der Waals surface area contributed by atoms with Gasteiger partial charge >= 0.3 is 6.18 Å². The van der Waals surface area contributed by atoms with Crippen LogP contribution in [0.3, 0.4) is 0 Å². The molecule has 0 radical (unpaired) electrons. The first-order chi connectivity index (χ1) is 10.3. The summed E-state index contributed by atoms with van der Waals surface area (Å²) in [5, 5.41) is 5.04. The Morgan fingerprint density at radius 1 is 1.41 bits per heavy atom. The maximum absolute atomic E-state index is 13.1. The van der Waals surface area contributed by atoms with E-state index in [9.17, 15) is 18.0 Å². The van der Waals surface area contributed by atoms with E-state index in [-0.39, 0.29) is 17.9 Å². The van der Waals surface area contributed by atoms with E-state index >= 15 is 0 Å². The van der Waals surface area contributed by atoms with Crippen LogP contribution >= 0.6 is 22.9 Å². The van der Waals surface area contributed by atoms with Crippen molar-refractivity contribution in [2.24, 2.45) is 0 Å². The maximum Gasteiger partial charge on any atom is 0.418 e. The molecule has 2 N–H and O–H groups in total. The number of rotatable bonds is 4. The summed E-state index contributed by atoms with van der Waals surface area (Å²) in [6, 6.07) is 3.57. The molecule has 0 aliphatic heterocycles. The number of hydrogen-bond acceptors (Lipinski definition) is 4. The molecule has 0 spiro atoms. The van der Waals surface area contributed by atoms with Crippen molar-refractivity contribution in [3.05, 3.63) is 39.3 Å². The van der Waals surface area contributed by atoms with E-state index in [1.54, 1.807) is 0 Å². The largest absolute Gasteiger partial charge is 0.418 e. The van der Waals surface area contributed by atoms with E-state index in [1.165, 1.54) is 36.6 Å². The summed E-state index contributed by atoms with van der Waals surface area (Å²) in [5.74, 6) is -0.437. The van der Waals surface area contributed by atoms with Crippen LogP contribution < -0.4 is 10.6 Å². The lowest BCUT2D eigenvalue weighted by Crippen LogP contribution is -2.13. The number of nitrogens with one attached hydrogen (secondary N) is 2. The number of hydrogen-bond donors (Lipinski definition) is 2. The third kappa shape index (κ3) is 4.35. The van der Waals surface area contributed by atoms with Crippen LogP contribution in [0.1, 0.15) is 17.4 Å². The van der Waals surface area contributed by atoms with Gasteiger partial charge in [-0.3, -0.25) is 4.79 Å². The van der Waals surface area contributed by atoms with Crippen LogP contribution in [-0.4, -0.2) is 10.9 Å². The molecule has 2 rings (SSSR count). The highest BCUT2D eigenvalue weighted by atomic mass is 35.5. The Bertz CT molecular complexity index is 687. The first kappa shape index (κ1) is 16.6. The van der Waals surface area contributed by atoms with Gasteiger partial charge in [-0.05, 0) is 18.2 Å². The van der Waals surface area contributed by atoms with Crippen LogP contribution in [0.2, 0.25) is 4.47 Å². The zero-order valence-corrected chi connectivity index (χ0v) is 12.9. The van der Waals surface area contributed by atoms with Crippen molar-refractivity contribution in [1.29, 1.82) is 0 Å². The fourth-order valence-electron chi connectivity index (χ4n) is 1.76. The van der Waals surface area contributed by atoms with Crippen LogP contribution in [-0.2, 0) is 17.5 Å². The van der Waals surface area contributed by atoms with Crippen molar-refractivity contribution in [3.63, 3.8) is 0 Å². The zero-order chi connectivity index (χ0) is 16.3. The van der Waals surface area contributed by atoms with Gasteiger partial charge in [0.25, 0.3) is 0 Å². The first-order valence-electron chi connectivity index (χ1n) is 6.08. The molecule has 2 aromatic rings. The predicted molar refractivity (Wildman–Crippen MR) is 80.2 cm³/mol. The number of alkyl halides is 3. The molecule has 0 aliphatic rings. The van der Waals surface area contributed by atoms with Gasteiger partial charge in [0.1, 0.15) is 0 Å². The molecule has 4 nitrogen and oxygen atoms in total. The second kappa shape index (κ2) is 6.53. The molecule has 9 heteroatoms. The average molecular weight is 350 g/mol. The van der Waals surface area contributed by atoms with Gasteiger partial charge in [0, 0.05) is 29.4 Å². The van der Waals surface area contributed by atoms with E-state index in [4.69, 9.17) is 11.6 Å². The van der Waals surface area contributed by atoms with Crippen molar-refractivity contribution < 1.29 is 18.0 Å². The van der Waals surface area contributed by atoms with E-state index < -0.39 is 17.6 Å². The van der Waals surface area contributed by atoms with E-state index in [0.717, 1.165) is 6.07 Å². The summed E-state index contributed by atoms with van der Waals surface area (Å²) in [7, 11) is 0. The molecule has 0 saturated carbocycles. The summed E-state index contributed by atoms with van der Waals surface area (Å²) in [6.45, 7) is 1.40. The molecular formula is C13H11ClF3N3OS. The Morgan fingerprint density at radius 3 is 2.68 bits per heavy atom. The number of benzene rings is 1. The lowest BCUT2D eigenvalue weighted by atomic mass is 10.1. The van der Waals surface area contributed by atoms with E-state index in [2.05, 4.69) is 15.6 Å². The standard InChI is InChI=1S/C13H11ClF3N3OS/c1-7(21)20-8-2-3-11(10(4-8)13(15,16)17)18-5-9-6-19-12(14)22-9/h2-4,6,18H,5H2,1H3,(H,20,21). The molecule has 0 unspecified atom stereocenters. The molecule has 0 bridgehead atoms. The van der Waals surface area contributed by atoms with E-state index in [1.807, 2.05) is 0 Å². The summed E-state index contributed by atoms with van der Waals surface area (Å²) in [4.78, 5) is 15.5. The summed E-state index contributed by atoms with van der Waals surface area (Å²) in [5.41, 5.74) is -0.841. The average Bonchev–Trinajstić information content (AvgIpc) is 2.81. The SMILES string of the molecule is CC(=O)Nc1ccc(NCc2cnc(Cl)s2)c(C(F)(F)F)c1. The third-order valence-electron chi connectivity index (χ3n) is 2.62. The zero-order valence-electron chi connectivity index (χ0n) is 11.3. The molecule has 1 heterocycles. The maximum atomic E-state index is 13.1. The van der Waals surface area contributed by atoms with Gasteiger partial charge in [0.2, 0.25) is 5.91 Å². The minimum absolute atomic E-state index is 0.0777. The number of thiazole rings is 1. The number of nitrogens with zero attached hydrogens (tertiary/aromatic N) is 1. The van der Waals surface area contributed by atoms with Crippen LogP contribution in [0.25, 0.3) is 0 Å². The molecule has 0 atom stereocenters. The number of amides is 1. The van der Waals surface area contributed by atoms with Gasteiger partial charge in [-0.2, -0.15) is 13.2 Å². The quantitative estimate of drug-likeness (QED) is 0.861. The van der Waals surface area contributed by atoms with Gasteiger partial charge in [-0.15, -0.1) is 11.3 Å². The molecule has 22 heavy (non-hydrogen) atoms. The number of carbonyl (C=O) groups excluding carboxylic acids is 1. The molecule has 1 aromatic heterocycles. The van der Waals surface area contributed by atoms with Crippen molar-refractivity contribution in [1.82, 2.24) is 4.98 Å². The Kier molecular flexibility index (Phi) is 4.92. The van der Waals surface area contributed by atoms with Crippen LogP contribution in [0, 0.1) is 0 Å². The Balaban J connectivity index is 2.23. The Morgan fingerprint density at radius 2 is 2.14 bits per heavy atom. The number of anilines is 2. The topological polar surface area (TPSA) is 54.0 Å². The van der Waals surface area contributed by atoms with Crippen molar-refractivity contribution in [2.45, 2.75) is 19.6 Å². The molecule has 0 saturated heterocycles. The van der Waals surface area contributed by atoms with Gasteiger partial charge in [-0.1, -0.05) is 11.6 Å². The normalized spacial score (nSPS) is 11.3. The second-order valence-corrected chi connectivity index (χ2v) is 6.07. The highest BCUT2D eigenvalue weighted by Crippen LogP contribution is 2.37. The monoisotopic (exact) mass is 349 g/mol.